The predicted molar refractivity (Wildman–Crippen MR) is 117 cm³/mol. The Labute approximate surface area is 175 Å². The van der Waals surface area contributed by atoms with Crippen LogP contribution in [-0.4, -0.2) is 53.4 Å². The molecule has 1 aliphatic heterocycles. The first kappa shape index (κ1) is 20.7. The first-order chi connectivity index (χ1) is 13.2. The number of aromatic nitrogens is 2. The molecular weight excluding hydrogens is 418 g/mol. The van der Waals surface area contributed by atoms with Crippen LogP contribution >= 0.6 is 15.9 Å². The van der Waals surface area contributed by atoms with Crippen LogP contribution in [0.15, 0.2) is 34.9 Å². The van der Waals surface area contributed by atoms with Gasteiger partial charge in [-0.15, -0.1) is 0 Å². The number of nitrogens with zero attached hydrogens (tertiary/aromatic N) is 4. The highest BCUT2D eigenvalue weighted by atomic mass is 79.9. The molecule has 3 heterocycles. The summed E-state index contributed by atoms with van der Waals surface area (Å²) < 4.78 is 0.715. The molecule has 28 heavy (non-hydrogen) atoms. The minimum atomic E-state index is -0.211. The van der Waals surface area contributed by atoms with Gasteiger partial charge in [-0.05, 0) is 52.5 Å². The van der Waals surface area contributed by atoms with E-state index in [4.69, 9.17) is 5.73 Å². The number of rotatable bonds is 4. The number of pyridine rings is 2. The maximum atomic E-state index is 12.9. The Kier molecular flexibility index (Phi) is 6.35. The van der Waals surface area contributed by atoms with Gasteiger partial charge in [-0.2, -0.15) is 0 Å². The van der Waals surface area contributed by atoms with Gasteiger partial charge in [0.1, 0.15) is 17.3 Å². The zero-order chi connectivity index (χ0) is 20.3. The summed E-state index contributed by atoms with van der Waals surface area (Å²) in [4.78, 5) is 26.4. The second kappa shape index (κ2) is 8.57. The highest BCUT2D eigenvalue weighted by Crippen LogP contribution is 2.22. The third-order valence-corrected chi connectivity index (χ3v) is 5.14. The van der Waals surface area contributed by atoms with Gasteiger partial charge in [0.05, 0.1) is 5.56 Å². The van der Waals surface area contributed by atoms with Gasteiger partial charge in [0, 0.05) is 36.8 Å². The second-order valence-electron chi connectivity index (χ2n) is 8.47. The van der Waals surface area contributed by atoms with Crippen LogP contribution in [0, 0.1) is 5.41 Å². The van der Waals surface area contributed by atoms with Gasteiger partial charge in [-0.25, -0.2) is 9.97 Å². The van der Waals surface area contributed by atoms with Crippen molar-refractivity contribution in [3.05, 3.63) is 46.2 Å². The molecule has 0 saturated carbocycles. The van der Waals surface area contributed by atoms with E-state index >= 15 is 0 Å². The first-order valence-electron chi connectivity index (χ1n) is 9.63. The van der Waals surface area contributed by atoms with Crippen molar-refractivity contribution in [2.24, 2.45) is 5.41 Å². The molecule has 0 atom stereocenters. The van der Waals surface area contributed by atoms with E-state index in [0.29, 0.717) is 15.7 Å². The van der Waals surface area contributed by atoms with Crippen molar-refractivity contribution in [3.8, 4) is 0 Å². The Hall–Kier alpha value is -1.99. The molecule has 1 fully saturated rings. The van der Waals surface area contributed by atoms with E-state index in [2.05, 4.69) is 56.5 Å². The molecule has 0 aromatic carbocycles. The molecule has 2 N–H and O–H groups in total. The lowest BCUT2D eigenvalue weighted by atomic mass is 9.96. The highest BCUT2D eigenvalue weighted by molar-refractivity contribution is 9.10. The lowest BCUT2D eigenvalue weighted by Gasteiger charge is -2.29. The molecule has 3 rings (SSSR count). The molecular formula is C21H28BrN5O. The average Bonchev–Trinajstić information content (AvgIpc) is 2.87. The van der Waals surface area contributed by atoms with Crippen LogP contribution in [-0.2, 0) is 0 Å². The van der Waals surface area contributed by atoms with Crippen LogP contribution in [0.25, 0.3) is 0 Å². The number of nitrogen functional groups attached to an aromatic ring is 1. The largest absolute Gasteiger partial charge is 0.383 e. The summed E-state index contributed by atoms with van der Waals surface area (Å²) >= 11 is 3.35. The smallest absolute Gasteiger partial charge is 0.215 e. The normalized spacial score (nSPS) is 16.1. The maximum Gasteiger partial charge on any atom is 0.215 e. The van der Waals surface area contributed by atoms with Crippen molar-refractivity contribution in [1.82, 2.24) is 14.9 Å². The van der Waals surface area contributed by atoms with Crippen molar-refractivity contribution in [1.29, 1.82) is 0 Å². The molecule has 150 valence electrons. The number of ketones is 1. The van der Waals surface area contributed by atoms with Crippen molar-refractivity contribution in [3.63, 3.8) is 0 Å². The van der Waals surface area contributed by atoms with Gasteiger partial charge in [0.2, 0.25) is 5.78 Å². The van der Waals surface area contributed by atoms with Crippen molar-refractivity contribution in [2.75, 3.05) is 43.4 Å². The summed E-state index contributed by atoms with van der Waals surface area (Å²) in [5.74, 6) is 0.843. The summed E-state index contributed by atoms with van der Waals surface area (Å²) in [6.45, 7) is 11.8. The molecule has 0 radical (unpaired) electrons. The third-order valence-electron chi connectivity index (χ3n) is 4.71. The Morgan fingerprint density at radius 2 is 2.00 bits per heavy atom. The topological polar surface area (TPSA) is 75.3 Å². The van der Waals surface area contributed by atoms with E-state index in [9.17, 15) is 4.79 Å². The van der Waals surface area contributed by atoms with E-state index in [-0.39, 0.29) is 17.0 Å². The summed E-state index contributed by atoms with van der Waals surface area (Å²) in [5, 5.41) is 0. The minimum absolute atomic E-state index is 0.211. The van der Waals surface area contributed by atoms with Gasteiger partial charge in [-0.1, -0.05) is 26.8 Å². The minimum Gasteiger partial charge on any atom is -0.383 e. The lowest BCUT2D eigenvalue weighted by molar-refractivity contribution is 0.103. The number of hydrogen-bond donors (Lipinski definition) is 1. The van der Waals surface area contributed by atoms with Crippen molar-refractivity contribution >= 4 is 33.3 Å². The van der Waals surface area contributed by atoms with Crippen LogP contribution in [0.2, 0.25) is 0 Å². The van der Waals surface area contributed by atoms with Crippen LogP contribution in [0.4, 0.5) is 11.6 Å². The molecule has 2 aromatic heterocycles. The van der Waals surface area contributed by atoms with Crippen LogP contribution in [0.5, 0.6) is 0 Å². The Bertz CT molecular complexity index is 849. The quantitative estimate of drug-likeness (QED) is 0.724. The first-order valence-corrected chi connectivity index (χ1v) is 10.4. The molecule has 1 saturated heterocycles. The lowest BCUT2D eigenvalue weighted by Crippen LogP contribution is -2.36. The molecule has 0 aliphatic carbocycles. The van der Waals surface area contributed by atoms with E-state index in [0.717, 1.165) is 45.0 Å². The van der Waals surface area contributed by atoms with Crippen LogP contribution in [0.3, 0.4) is 0 Å². The number of nitrogens with two attached hydrogens (primary N) is 1. The molecule has 0 amide bonds. The molecule has 2 aromatic rings. The summed E-state index contributed by atoms with van der Waals surface area (Å²) in [7, 11) is 0. The van der Waals surface area contributed by atoms with Gasteiger partial charge < -0.3 is 15.5 Å². The SMILES string of the molecule is CC(C)(C)CN1CCCN(c2cccc(C(=O)c3cc(Br)cnc3N)n2)CC1. The van der Waals surface area contributed by atoms with Gasteiger partial charge in [0.25, 0.3) is 0 Å². The fourth-order valence-corrected chi connectivity index (χ4v) is 3.86. The van der Waals surface area contributed by atoms with E-state index in [1.165, 1.54) is 0 Å². The van der Waals surface area contributed by atoms with Gasteiger partial charge >= 0.3 is 0 Å². The Balaban J connectivity index is 1.76. The number of carbonyl (C=O) groups is 1. The second-order valence-corrected chi connectivity index (χ2v) is 9.39. The van der Waals surface area contributed by atoms with E-state index < -0.39 is 0 Å². The molecule has 7 heteroatoms. The Morgan fingerprint density at radius 3 is 2.75 bits per heavy atom. The van der Waals surface area contributed by atoms with Crippen LogP contribution < -0.4 is 10.6 Å². The fourth-order valence-electron chi connectivity index (χ4n) is 3.52. The number of halogens is 1. The van der Waals surface area contributed by atoms with Crippen LogP contribution in [0.1, 0.15) is 43.2 Å². The molecule has 0 unspecified atom stereocenters. The summed E-state index contributed by atoms with van der Waals surface area (Å²) in [5.41, 5.74) is 6.94. The monoisotopic (exact) mass is 445 g/mol. The third kappa shape index (κ3) is 5.29. The maximum absolute atomic E-state index is 12.9. The Morgan fingerprint density at radius 1 is 1.21 bits per heavy atom. The number of carbonyl (C=O) groups excluding carboxylic acids is 1. The summed E-state index contributed by atoms with van der Waals surface area (Å²) in [6, 6.07) is 7.28. The number of hydrogen-bond acceptors (Lipinski definition) is 6. The molecule has 0 spiro atoms. The summed E-state index contributed by atoms with van der Waals surface area (Å²) in [6.07, 6.45) is 2.66. The standard InChI is InChI=1S/C21H28BrN5O/c1-21(2,3)14-26-8-5-9-27(11-10-26)18-7-4-6-17(25-18)19(28)16-12-15(22)13-24-20(16)23/h4,6-7,12-13H,5,8-11,14H2,1-3H3,(H2,23,24). The fraction of sp³-hybridized carbons (Fsp3) is 0.476. The van der Waals surface area contributed by atoms with Crippen molar-refractivity contribution in [2.45, 2.75) is 27.2 Å². The molecule has 1 aliphatic rings. The van der Waals surface area contributed by atoms with E-state index in [1.807, 2.05) is 12.1 Å². The predicted octanol–water partition coefficient (Wildman–Crippen LogP) is 3.61. The zero-order valence-electron chi connectivity index (χ0n) is 16.8. The molecule has 6 nitrogen and oxygen atoms in total. The highest BCUT2D eigenvalue weighted by Gasteiger charge is 2.22. The molecule has 0 bridgehead atoms. The average molecular weight is 446 g/mol. The zero-order valence-corrected chi connectivity index (χ0v) is 18.4. The van der Waals surface area contributed by atoms with Gasteiger partial charge in [0.15, 0.2) is 0 Å². The number of anilines is 2. The van der Waals surface area contributed by atoms with Gasteiger partial charge in [-0.3, -0.25) is 4.79 Å². The van der Waals surface area contributed by atoms with E-state index in [1.54, 1.807) is 18.3 Å². The van der Waals surface area contributed by atoms with Crippen molar-refractivity contribution < 1.29 is 4.79 Å².